The molecule has 3 heteroatoms. The van der Waals surface area contributed by atoms with Gasteiger partial charge in [-0.2, -0.15) is 0 Å². The Morgan fingerprint density at radius 1 is 1.33 bits per heavy atom. The molecule has 1 unspecified atom stereocenters. The van der Waals surface area contributed by atoms with E-state index in [2.05, 4.69) is 0 Å². The summed E-state index contributed by atoms with van der Waals surface area (Å²) in [7, 11) is 0. The zero-order valence-electron chi connectivity index (χ0n) is 6.04. The molecule has 2 atom stereocenters. The average Bonchev–Trinajstić information content (AvgIpc) is 1.63. The molecule has 0 saturated carbocycles. The van der Waals surface area contributed by atoms with Gasteiger partial charge in [-0.3, -0.25) is 0 Å². The second kappa shape index (κ2) is 3.82. The molecule has 0 aromatic carbocycles. The summed E-state index contributed by atoms with van der Waals surface area (Å²) in [5.74, 6) is 0.498. The van der Waals surface area contributed by atoms with Gasteiger partial charge in [-0.15, -0.1) is 0 Å². The van der Waals surface area contributed by atoms with Gasteiger partial charge in [-0.05, 0) is 12.3 Å². The van der Waals surface area contributed by atoms with Gasteiger partial charge in [0.25, 0.3) is 0 Å². The van der Waals surface area contributed by atoms with Crippen LogP contribution in [0.15, 0.2) is 0 Å². The lowest BCUT2D eigenvalue weighted by Gasteiger charge is -2.15. The van der Waals surface area contributed by atoms with Crippen molar-refractivity contribution in [3.8, 4) is 0 Å². The number of hydrogen-bond donors (Lipinski definition) is 3. The van der Waals surface area contributed by atoms with E-state index in [0.29, 0.717) is 5.92 Å². The molecule has 0 radical (unpaired) electrons. The SMILES string of the molecule is CC(C)CC(N)[C@H](N)O. The van der Waals surface area contributed by atoms with E-state index in [-0.39, 0.29) is 6.04 Å². The summed E-state index contributed by atoms with van der Waals surface area (Å²) in [5.41, 5.74) is 10.6. The van der Waals surface area contributed by atoms with Crippen LogP contribution in [0.25, 0.3) is 0 Å². The Labute approximate surface area is 56.0 Å². The van der Waals surface area contributed by atoms with E-state index in [1.165, 1.54) is 0 Å². The largest absolute Gasteiger partial charge is 0.377 e. The maximum Gasteiger partial charge on any atom is 0.117 e. The van der Waals surface area contributed by atoms with E-state index in [9.17, 15) is 0 Å². The van der Waals surface area contributed by atoms with E-state index in [0.717, 1.165) is 6.42 Å². The van der Waals surface area contributed by atoms with Crippen molar-refractivity contribution in [2.24, 2.45) is 17.4 Å². The van der Waals surface area contributed by atoms with Crippen LogP contribution in [0.4, 0.5) is 0 Å². The fourth-order valence-electron chi connectivity index (χ4n) is 0.684. The predicted molar refractivity (Wildman–Crippen MR) is 37.6 cm³/mol. The third-order valence-electron chi connectivity index (χ3n) is 1.18. The molecule has 0 aromatic rings. The second-order valence-electron chi connectivity index (χ2n) is 2.78. The van der Waals surface area contributed by atoms with E-state index in [1.54, 1.807) is 0 Å². The lowest BCUT2D eigenvalue weighted by molar-refractivity contribution is 0.141. The van der Waals surface area contributed by atoms with Crippen LogP contribution in [0.5, 0.6) is 0 Å². The van der Waals surface area contributed by atoms with Gasteiger partial charge in [0.1, 0.15) is 6.23 Å². The molecule has 5 N–H and O–H groups in total. The molecular formula is C6H16N2O. The first-order valence-electron chi connectivity index (χ1n) is 3.23. The van der Waals surface area contributed by atoms with E-state index >= 15 is 0 Å². The minimum absolute atomic E-state index is 0.273. The van der Waals surface area contributed by atoms with Crippen molar-refractivity contribution in [3.05, 3.63) is 0 Å². The van der Waals surface area contributed by atoms with Crippen molar-refractivity contribution in [1.29, 1.82) is 0 Å². The summed E-state index contributed by atoms with van der Waals surface area (Å²) in [6.07, 6.45) is -0.0927. The third-order valence-corrected chi connectivity index (χ3v) is 1.18. The van der Waals surface area contributed by atoms with Crippen LogP contribution in [0.3, 0.4) is 0 Å². The average molecular weight is 132 g/mol. The van der Waals surface area contributed by atoms with E-state index < -0.39 is 6.23 Å². The van der Waals surface area contributed by atoms with Gasteiger partial charge in [0.05, 0.1) is 0 Å². The summed E-state index contributed by atoms with van der Waals surface area (Å²) in [4.78, 5) is 0. The Hall–Kier alpha value is -0.120. The van der Waals surface area contributed by atoms with Gasteiger partial charge < -0.3 is 16.6 Å². The Balaban J connectivity index is 3.38. The predicted octanol–water partition coefficient (Wildman–Crippen LogP) is -0.363. The molecular weight excluding hydrogens is 116 g/mol. The van der Waals surface area contributed by atoms with Gasteiger partial charge in [0, 0.05) is 6.04 Å². The van der Waals surface area contributed by atoms with Crippen molar-refractivity contribution in [2.45, 2.75) is 32.5 Å². The Morgan fingerprint density at radius 2 is 1.78 bits per heavy atom. The molecule has 0 rings (SSSR count). The van der Waals surface area contributed by atoms with Crippen LogP contribution < -0.4 is 11.5 Å². The van der Waals surface area contributed by atoms with Gasteiger partial charge in [-0.25, -0.2) is 0 Å². The normalized spacial score (nSPS) is 18.0. The monoisotopic (exact) mass is 132 g/mol. The molecule has 0 heterocycles. The zero-order chi connectivity index (χ0) is 7.44. The third kappa shape index (κ3) is 4.39. The number of aliphatic hydroxyl groups excluding tert-OH is 1. The van der Waals surface area contributed by atoms with Crippen molar-refractivity contribution < 1.29 is 5.11 Å². The van der Waals surface area contributed by atoms with Crippen LogP contribution in [0, 0.1) is 5.92 Å². The molecule has 9 heavy (non-hydrogen) atoms. The van der Waals surface area contributed by atoms with E-state index in [4.69, 9.17) is 16.6 Å². The smallest absolute Gasteiger partial charge is 0.117 e. The van der Waals surface area contributed by atoms with Gasteiger partial charge in [0.15, 0.2) is 0 Å². The minimum Gasteiger partial charge on any atom is -0.377 e. The fourth-order valence-corrected chi connectivity index (χ4v) is 0.684. The maximum atomic E-state index is 8.72. The minimum atomic E-state index is -0.868. The fraction of sp³-hybridized carbons (Fsp3) is 1.00. The van der Waals surface area contributed by atoms with Crippen LogP contribution in [-0.4, -0.2) is 17.4 Å². The van der Waals surface area contributed by atoms with Gasteiger partial charge in [-0.1, -0.05) is 13.8 Å². The van der Waals surface area contributed by atoms with Crippen molar-refractivity contribution in [1.82, 2.24) is 0 Å². The summed E-state index contributed by atoms with van der Waals surface area (Å²) >= 11 is 0. The lowest BCUT2D eigenvalue weighted by Crippen LogP contribution is -2.41. The first kappa shape index (κ1) is 8.88. The van der Waals surface area contributed by atoms with Crippen molar-refractivity contribution in [2.75, 3.05) is 0 Å². The van der Waals surface area contributed by atoms with Crippen LogP contribution in [-0.2, 0) is 0 Å². The highest BCUT2D eigenvalue weighted by atomic mass is 16.3. The molecule has 0 aliphatic rings. The van der Waals surface area contributed by atoms with Crippen molar-refractivity contribution in [3.63, 3.8) is 0 Å². The summed E-state index contributed by atoms with van der Waals surface area (Å²) in [6.45, 7) is 4.09. The first-order chi connectivity index (χ1) is 4.04. The quantitative estimate of drug-likeness (QED) is 0.459. The molecule has 0 amide bonds. The van der Waals surface area contributed by atoms with Crippen LogP contribution in [0.1, 0.15) is 20.3 Å². The Morgan fingerprint density at radius 3 is 1.89 bits per heavy atom. The first-order valence-corrected chi connectivity index (χ1v) is 3.23. The molecule has 0 aliphatic heterocycles. The molecule has 3 nitrogen and oxygen atoms in total. The molecule has 0 saturated heterocycles. The zero-order valence-corrected chi connectivity index (χ0v) is 6.04. The highest BCUT2D eigenvalue weighted by Crippen LogP contribution is 2.02. The standard InChI is InChI=1S/C6H16N2O/c1-4(2)3-5(7)6(8)9/h4-6,9H,3,7-8H2,1-2H3/t5?,6-/m1/s1. The van der Waals surface area contributed by atoms with E-state index in [1.807, 2.05) is 13.8 Å². The number of aliphatic hydroxyl groups is 1. The van der Waals surface area contributed by atoms with Gasteiger partial charge >= 0.3 is 0 Å². The topological polar surface area (TPSA) is 72.3 Å². The molecule has 0 spiro atoms. The Kier molecular flexibility index (Phi) is 3.77. The summed E-state index contributed by atoms with van der Waals surface area (Å²) in [6, 6.07) is -0.273. The maximum absolute atomic E-state index is 8.72. The highest BCUT2D eigenvalue weighted by molar-refractivity contribution is 4.67. The number of rotatable bonds is 3. The number of hydrogen-bond acceptors (Lipinski definition) is 3. The van der Waals surface area contributed by atoms with Crippen LogP contribution >= 0.6 is 0 Å². The summed E-state index contributed by atoms with van der Waals surface area (Å²) < 4.78 is 0. The van der Waals surface area contributed by atoms with Crippen molar-refractivity contribution >= 4 is 0 Å². The molecule has 0 bridgehead atoms. The molecule has 0 aliphatic carbocycles. The van der Waals surface area contributed by atoms with Gasteiger partial charge in [0.2, 0.25) is 0 Å². The van der Waals surface area contributed by atoms with Crippen LogP contribution in [0.2, 0.25) is 0 Å². The summed E-state index contributed by atoms with van der Waals surface area (Å²) in [5, 5.41) is 8.72. The molecule has 0 fully saturated rings. The number of nitrogens with two attached hydrogens (primary N) is 2. The highest BCUT2D eigenvalue weighted by Gasteiger charge is 2.10. The lowest BCUT2D eigenvalue weighted by atomic mass is 10.0. The Bertz CT molecular complexity index is 73.5. The molecule has 0 aromatic heterocycles. The molecule has 56 valence electrons. The second-order valence-corrected chi connectivity index (χ2v) is 2.78.